The highest BCUT2D eigenvalue weighted by Gasteiger charge is 2.35. The van der Waals surface area contributed by atoms with Crippen molar-refractivity contribution in [2.75, 3.05) is 0 Å². The third-order valence-corrected chi connectivity index (χ3v) is 4.92. The lowest BCUT2D eigenvalue weighted by molar-refractivity contribution is 0.375. The van der Waals surface area contributed by atoms with Crippen molar-refractivity contribution >= 4 is 10.0 Å². The van der Waals surface area contributed by atoms with Crippen LogP contribution >= 0.6 is 0 Å². The van der Waals surface area contributed by atoms with Gasteiger partial charge in [-0.2, -0.15) is 4.98 Å². The van der Waals surface area contributed by atoms with E-state index in [9.17, 15) is 8.42 Å². The van der Waals surface area contributed by atoms with E-state index in [-0.39, 0.29) is 17.7 Å². The van der Waals surface area contributed by atoms with Crippen molar-refractivity contribution in [1.29, 1.82) is 0 Å². The molecule has 8 heteroatoms. The van der Waals surface area contributed by atoms with Gasteiger partial charge in [0.2, 0.25) is 21.7 Å². The Bertz CT molecular complexity index is 684. The van der Waals surface area contributed by atoms with Crippen LogP contribution in [-0.4, -0.2) is 28.4 Å². The Balaban J connectivity index is 1.70. The van der Waals surface area contributed by atoms with E-state index in [1.165, 1.54) is 0 Å². The maximum absolute atomic E-state index is 11.7. The van der Waals surface area contributed by atoms with E-state index >= 15 is 0 Å². The molecule has 2 aromatic rings. The third kappa shape index (κ3) is 2.54. The van der Waals surface area contributed by atoms with Gasteiger partial charge in [-0.15, -0.1) is 0 Å². The fourth-order valence-corrected chi connectivity index (χ4v) is 3.10. The van der Waals surface area contributed by atoms with Crippen molar-refractivity contribution in [1.82, 2.24) is 19.4 Å². The second-order valence-electron chi connectivity index (χ2n) is 4.58. The van der Waals surface area contributed by atoms with E-state index in [4.69, 9.17) is 4.52 Å². The maximum atomic E-state index is 11.7. The number of hydrogen-bond acceptors (Lipinski definition) is 5. The highest BCUT2D eigenvalue weighted by Crippen LogP contribution is 2.27. The number of aryl methyl sites for hydroxylation is 1. The fraction of sp³-hybridized carbons (Fsp3) is 0.455. The van der Waals surface area contributed by atoms with Crippen LogP contribution in [0.25, 0.3) is 11.5 Å². The van der Waals surface area contributed by atoms with E-state index < -0.39 is 10.0 Å². The van der Waals surface area contributed by atoms with Crippen LogP contribution in [0.15, 0.2) is 22.9 Å². The first-order chi connectivity index (χ1) is 9.06. The summed E-state index contributed by atoms with van der Waals surface area (Å²) < 4.78 is 32.7. The van der Waals surface area contributed by atoms with Crippen molar-refractivity contribution in [3.63, 3.8) is 0 Å². The molecule has 0 unspecified atom stereocenters. The lowest BCUT2D eigenvalue weighted by atomic mass is 10.4. The number of sulfonamides is 1. The first kappa shape index (κ1) is 12.4. The molecule has 0 amide bonds. The Hall–Kier alpha value is -1.67. The van der Waals surface area contributed by atoms with Gasteiger partial charge in [-0.25, -0.2) is 13.1 Å². The zero-order chi connectivity index (χ0) is 13.5. The first-order valence-corrected chi connectivity index (χ1v) is 7.53. The van der Waals surface area contributed by atoms with E-state index in [2.05, 4.69) is 14.9 Å². The summed E-state index contributed by atoms with van der Waals surface area (Å²) in [5.74, 6) is 0.716. The van der Waals surface area contributed by atoms with Gasteiger partial charge in [-0.3, -0.25) is 0 Å². The Kier molecular flexibility index (Phi) is 2.90. The zero-order valence-electron chi connectivity index (χ0n) is 10.4. The molecule has 1 aliphatic carbocycles. The molecule has 0 saturated heterocycles. The zero-order valence-corrected chi connectivity index (χ0v) is 11.2. The molecule has 2 heterocycles. The van der Waals surface area contributed by atoms with E-state index in [0.29, 0.717) is 5.82 Å². The van der Waals surface area contributed by atoms with Gasteiger partial charge in [0.1, 0.15) is 0 Å². The molecule has 0 spiro atoms. The number of nitrogens with one attached hydrogen (secondary N) is 1. The fourth-order valence-electron chi connectivity index (χ4n) is 1.78. The SMILES string of the molecule is Cn1cccc1-c1noc(CNS(=O)(=O)C2CC2)n1. The summed E-state index contributed by atoms with van der Waals surface area (Å²) in [7, 11) is -1.34. The van der Waals surface area contributed by atoms with Crippen LogP contribution in [0, 0.1) is 0 Å². The highest BCUT2D eigenvalue weighted by atomic mass is 32.2. The molecular formula is C11H14N4O3S. The lowest BCUT2D eigenvalue weighted by Gasteiger charge is -2.00. The highest BCUT2D eigenvalue weighted by molar-refractivity contribution is 7.90. The predicted octanol–water partition coefficient (Wildman–Crippen LogP) is 0.657. The Morgan fingerprint density at radius 3 is 2.95 bits per heavy atom. The normalized spacial score (nSPS) is 15.8. The predicted molar refractivity (Wildman–Crippen MR) is 67.5 cm³/mol. The van der Waals surface area contributed by atoms with Gasteiger partial charge in [0.05, 0.1) is 17.5 Å². The van der Waals surface area contributed by atoms with E-state index in [1.807, 2.05) is 29.9 Å². The van der Waals surface area contributed by atoms with Gasteiger partial charge >= 0.3 is 0 Å². The third-order valence-electron chi connectivity index (χ3n) is 3.03. The second kappa shape index (κ2) is 4.46. The molecule has 1 aliphatic rings. The topological polar surface area (TPSA) is 90.0 Å². The minimum absolute atomic E-state index is 0.0380. The Morgan fingerprint density at radius 2 is 2.32 bits per heavy atom. The molecule has 1 saturated carbocycles. The summed E-state index contributed by atoms with van der Waals surface area (Å²) >= 11 is 0. The molecule has 0 aromatic carbocycles. The van der Waals surface area contributed by atoms with Crippen LogP contribution in [0.4, 0.5) is 0 Å². The van der Waals surface area contributed by atoms with Gasteiger partial charge in [-0.1, -0.05) is 5.16 Å². The van der Waals surface area contributed by atoms with Gasteiger partial charge in [0.25, 0.3) is 0 Å². The molecule has 102 valence electrons. The van der Waals surface area contributed by atoms with Crippen LogP contribution in [0.2, 0.25) is 0 Å². The summed E-state index contributed by atoms with van der Waals surface area (Å²) in [6, 6.07) is 3.74. The van der Waals surface area contributed by atoms with Crippen molar-refractivity contribution in [2.45, 2.75) is 24.6 Å². The molecule has 0 radical (unpaired) electrons. The minimum Gasteiger partial charge on any atom is -0.348 e. The molecule has 2 aromatic heterocycles. The molecule has 19 heavy (non-hydrogen) atoms. The average Bonchev–Trinajstić information content (AvgIpc) is 3.00. The average molecular weight is 282 g/mol. The summed E-state index contributed by atoms with van der Waals surface area (Å²) in [4.78, 5) is 4.17. The molecule has 1 N–H and O–H groups in total. The quantitative estimate of drug-likeness (QED) is 0.870. The van der Waals surface area contributed by atoms with Crippen molar-refractivity contribution < 1.29 is 12.9 Å². The summed E-state index contributed by atoms with van der Waals surface area (Å²) in [5.41, 5.74) is 0.819. The number of hydrogen-bond donors (Lipinski definition) is 1. The number of aromatic nitrogens is 3. The molecule has 0 bridgehead atoms. The van der Waals surface area contributed by atoms with Gasteiger partial charge in [0.15, 0.2) is 0 Å². The monoisotopic (exact) mass is 282 g/mol. The number of nitrogens with zero attached hydrogens (tertiary/aromatic N) is 3. The maximum Gasteiger partial charge on any atom is 0.242 e. The van der Waals surface area contributed by atoms with Crippen LogP contribution in [0.1, 0.15) is 18.7 Å². The Morgan fingerprint density at radius 1 is 1.53 bits per heavy atom. The van der Waals surface area contributed by atoms with Crippen molar-refractivity contribution in [3.8, 4) is 11.5 Å². The van der Waals surface area contributed by atoms with E-state index in [0.717, 1.165) is 18.5 Å². The van der Waals surface area contributed by atoms with Gasteiger partial charge < -0.3 is 9.09 Å². The smallest absolute Gasteiger partial charge is 0.242 e. The Labute approximate surface area is 110 Å². The summed E-state index contributed by atoms with van der Waals surface area (Å²) in [5, 5.41) is 3.59. The molecule has 1 fully saturated rings. The molecular weight excluding hydrogens is 268 g/mol. The van der Waals surface area contributed by atoms with Crippen LogP contribution in [0.5, 0.6) is 0 Å². The van der Waals surface area contributed by atoms with Crippen molar-refractivity contribution in [3.05, 3.63) is 24.2 Å². The largest absolute Gasteiger partial charge is 0.348 e. The standard InChI is InChI=1S/C11H14N4O3S/c1-15-6-2-3-9(15)11-13-10(18-14-11)7-12-19(16,17)8-4-5-8/h2-3,6,8,12H,4-5,7H2,1H3. The van der Waals surface area contributed by atoms with Crippen LogP contribution < -0.4 is 4.72 Å². The molecule has 3 rings (SSSR count). The van der Waals surface area contributed by atoms with Gasteiger partial charge in [0, 0.05) is 13.2 Å². The number of rotatable bonds is 5. The summed E-state index contributed by atoms with van der Waals surface area (Å²) in [6.45, 7) is 0.0380. The minimum atomic E-state index is -3.22. The lowest BCUT2D eigenvalue weighted by Crippen LogP contribution is -2.26. The van der Waals surface area contributed by atoms with Crippen molar-refractivity contribution in [2.24, 2.45) is 7.05 Å². The molecule has 0 aliphatic heterocycles. The first-order valence-electron chi connectivity index (χ1n) is 5.99. The van der Waals surface area contributed by atoms with Crippen LogP contribution in [0.3, 0.4) is 0 Å². The summed E-state index contributed by atoms with van der Waals surface area (Å²) in [6.07, 6.45) is 3.34. The van der Waals surface area contributed by atoms with E-state index in [1.54, 1.807) is 0 Å². The second-order valence-corrected chi connectivity index (χ2v) is 6.63. The van der Waals surface area contributed by atoms with Crippen LogP contribution in [-0.2, 0) is 23.6 Å². The molecule has 0 atom stereocenters. The molecule has 7 nitrogen and oxygen atoms in total. The van der Waals surface area contributed by atoms with Gasteiger partial charge in [-0.05, 0) is 25.0 Å².